The molecule has 6 heteroatoms. The van der Waals surface area contributed by atoms with Crippen molar-refractivity contribution >= 4 is 16.9 Å². The number of pyridine rings is 1. The maximum Gasteiger partial charge on any atom is 0.340 e. The average molecular weight is 325 g/mol. The molecule has 6 nitrogen and oxygen atoms in total. The van der Waals surface area contributed by atoms with E-state index in [9.17, 15) is 9.59 Å². The summed E-state index contributed by atoms with van der Waals surface area (Å²) < 4.78 is 15.6. The largest absolute Gasteiger partial charge is 0.497 e. The van der Waals surface area contributed by atoms with E-state index in [-0.39, 0.29) is 6.61 Å². The molecule has 0 atom stereocenters. The molecule has 0 aliphatic heterocycles. The van der Waals surface area contributed by atoms with Gasteiger partial charge in [-0.15, -0.1) is 0 Å². The van der Waals surface area contributed by atoms with Crippen molar-refractivity contribution in [2.45, 2.75) is 13.5 Å². The van der Waals surface area contributed by atoms with Crippen LogP contribution in [0.1, 0.15) is 21.6 Å². The summed E-state index contributed by atoms with van der Waals surface area (Å²) in [5, 5.41) is 0.685. The number of carbonyl (C=O) groups excluding carboxylic acids is 1. The van der Waals surface area contributed by atoms with Gasteiger partial charge in [-0.1, -0.05) is 0 Å². The SMILES string of the molecule is COc1ccc2c(COC(=O)c3ccc(C)nc3)cc(=O)oc2c1. The van der Waals surface area contributed by atoms with Crippen molar-refractivity contribution in [3.05, 3.63) is 69.8 Å². The zero-order chi connectivity index (χ0) is 17.1. The standard InChI is InChI=1S/C18H15NO5/c1-11-3-4-12(9-19-11)18(21)23-10-13-7-17(20)24-16-8-14(22-2)5-6-15(13)16/h3-9H,10H2,1-2H3. The van der Waals surface area contributed by atoms with Crippen LogP contribution < -0.4 is 10.4 Å². The Labute approximate surface area is 137 Å². The van der Waals surface area contributed by atoms with Gasteiger partial charge in [0, 0.05) is 35.0 Å². The van der Waals surface area contributed by atoms with E-state index in [1.807, 2.05) is 6.92 Å². The van der Waals surface area contributed by atoms with Crippen molar-refractivity contribution in [1.82, 2.24) is 4.98 Å². The molecule has 0 saturated heterocycles. The van der Waals surface area contributed by atoms with Crippen LogP contribution in [-0.2, 0) is 11.3 Å². The summed E-state index contributed by atoms with van der Waals surface area (Å²) >= 11 is 0. The third-order valence-electron chi connectivity index (χ3n) is 3.54. The van der Waals surface area contributed by atoms with Gasteiger partial charge in [-0.3, -0.25) is 4.98 Å². The summed E-state index contributed by atoms with van der Waals surface area (Å²) in [5.74, 6) is 0.0722. The molecule has 0 unspecified atom stereocenters. The number of hydrogen-bond donors (Lipinski definition) is 0. The van der Waals surface area contributed by atoms with E-state index in [4.69, 9.17) is 13.9 Å². The first-order valence-electron chi connectivity index (χ1n) is 7.27. The van der Waals surface area contributed by atoms with Crippen LogP contribution in [0.3, 0.4) is 0 Å². The van der Waals surface area contributed by atoms with Crippen molar-refractivity contribution in [3.8, 4) is 5.75 Å². The first kappa shape index (κ1) is 15.7. The number of aryl methyl sites for hydroxylation is 1. The highest BCUT2D eigenvalue weighted by Gasteiger charge is 2.11. The third kappa shape index (κ3) is 3.27. The summed E-state index contributed by atoms with van der Waals surface area (Å²) in [7, 11) is 1.53. The Morgan fingerprint density at radius 2 is 2.04 bits per heavy atom. The Hall–Kier alpha value is -3.15. The fourth-order valence-electron chi connectivity index (χ4n) is 2.27. The Balaban J connectivity index is 1.85. The highest BCUT2D eigenvalue weighted by molar-refractivity contribution is 5.89. The second kappa shape index (κ2) is 6.54. The second-order valence-corrected chi connectivity index (χ2v) is 5.22. The Kier molecular flexibility index (Phi) is 4.29. The Morgan fingerprint density at radius 1 is 1.21 bits per heavy atom. The molecule has 0 N–H and O–H groups in total. The number of fused-ring (bicyclic) bond motifs is 1. The smallest absolute Gasteiger partial charge is 0.340 e. The van der Waals surface area contributed by atoms with Gasteiger partial charge in [0.2, 0.25) is 0 Å². The van der Waals surface area contributed by atoms with Crippen molar-refractivity contribution in [2.24, 2.45) is 0 Å². The predicted octanol–water partition coefficient (Wildman–Crippen LogP) is 2.86. The minimum Gasteiger partial charge on any atom is -0.497 e. The summed E-state index contributed by atoms with van der Waals surface area (Å²) in [6.45, 7) is 1.79. The molecule has 0 fully saturated rings. The van der Waals surface area contributed by atoms with E-state index >= 15 is 0 Å². The first-order chi connectivity index (χ1) is 11.6. The third-order valence-corrected chi connectivity index (χ3v) is 3.54. The molecule has 122 valence electrons. The quantitative estimate of drug-likeness (QED) is 0.542. The monoisotopic (exact) mass is 325 g/mol. The van der Waals surface area contributed by atoms with E-state index < -0.39 is 11.6 Å². The Morgan fingerprint density at radius 3 is 2.75 bits per heavy atom. The van der Waals surface area contributed by atoms with Gasteiger partial charge in [0.1, 0.15) is 17.9 Å². The van der Waals surface area contributed by atoms with Gasteiger partial charge in [-0.25, -0.2) is 9.59 Å². The molecule has 0 amide bonds. The number of rotatable bonds is 4. The van der Waals surface area contributed by atoms with Crippen molar-refractivity contribution in [1.29, 1.82) is 0 Å². The molecular formula is C18H15NO5. The lowest BCUT2D eigenvalue weighted by atomic mass is 10.1. The van der Waals surface area contributed by atoms with Crippen molar-refractivity contribution in [3.63, 3.8) is 0 Å². The number of hydrogen-bond acceptors (Lipinski definition) is 6. The molecule has 3 aromatic rings. The number of esters is 1. The van der Waals surface area contributed by atoms with Gasteiger partial charge in [-0.05, 0) is 31.2 Å². The molecule has 2 heterocycles. The highest BCUT2D eigenvalue weighted by atomic mass is 16.5. The van der Waals surface area contributed by atoms with Crippen LogP contribution in [-0.4, -0.2) is 18.1 Å². The van der Waals surface area contributed by atoms with Crippen LogP contribution in [0.5, 0.6) is 5.75 Å². The summed E-state index contributed by atoms with van der Waals surface area (Å²) in [4.78, 5) is 27.8. The number of carbonyl (C=O) groups is 1. The van der Waals surface area contributed by atoms with Crippen molar-refractivity contribution in [2.75, 3.05) is 7.11 Å². The van der Waals surface area contributed by atoms with Crippen molar-refractivity contribution < 1.29 is 18.7 Å². The lowest BCUT2D eigenvalue weighted by Gasteiger charge is -2.08. The zero-order valence-electron chi connectivity index (χ0n) is 13.2. The highest BCUT2D eigenvalue weighted by Crippen LogP contribution is 2.23. The minimum absolute atomic E-state index is 0.0405. The molecule has 0 spiro atoms. The second-order valence-electron chi connectivity index (χ2n) is 5.22. The number of methoxy groups -OCH3 is 1. The fourth-order valence-corrected chi connectivity index (χ4v) is 2.27. The number of aromatic nitrogens is 1. The Bertz CT molecular complexity index is 944. The molecule has 0 bridgehead atoms. The van der Waals surface area contributed by atoms with Gasteiger partial charge in [0.15, 0.2) is 0 Å². The molecule has 0 aliphatic carbocycles. The normalized spacial score (nSPS) is 10.6. The molecule has 2 aromatic heterocycles. The molecule has 3 rings (SSSR count). The predicted molar refractivity (Wildman–Crippen MR) is 87.1 cm³/mol. The molecule has 0 aliphatic rings. The topological polar surface area (TPSA) is 78.6 Å². The van der Waals surface area contributed by atoms with Gasteiger partial charge in [-0.2, -0.15) is 0 Å². The first-order valence-corrected chi connectivity index (χ1v) is 7.27. The van der Waals surface area contributed by atoms with Gasteiger partial charge in [0.05, 0.1) is 12.7 Å². The van der Waals surface area contributed by atoms with E-state index in [0.717, 1.165) is 5.69 Å². The molecule has 24 heavy (non-hydrogen) atoms. The van der Waals surface area contributed by atoms with Crippen LogP contribution in [0.15, 0.2) is 51.8 Å². The molecule has 1 aromatic carbocycles. The van der Waals surface area contributed by atoms with Gasteiger partial charge < -0.3 is 13.9 Å². The van der Waals surface area contributed by atoms with Crippen LogP contribution in [0.25, 0.3) is 11.0 Å². The maximum atomic E-state index is 12.1. The van der Waals surface area contributed by atoms with Crippen LogP contribution in [0.4, 0.5) is 0 Å². The average Bonchev–Trinajstić information content (AvgIpc) is 2.59. The number of nitrogens with zero attached hydrogens (tertiary/aromatic N) is 1. The summed E-state index contributed by atoms with van der Waals surface area (Å²) in [6, 6.07) is 9.81. The fraction of sp³-hybridized carbons (Fsp3) is 0.167. The lowest BCUT2D eigenvalue weighted by molar-refractivity contribution is 0.0473. The number of benzene rings is 1. The molecular weight excluding hydrogens is 310 g/mol. The van der Waals surface area contributed by atoms with Crippen LogP contribution >= 0.6 is 0 Å². The zero-order valence-corrected chi connectivity index (χ0v) is 13.2. The van der Waals surface area contributed by atoms with E-state index in [1.165, 1.54) is 19.4 Å². The minimum atomic E-state index is -0.515. The van der Waals surface area contributed by atoms with E-state index in [0.29, 0.717) is 27.8 Å². The van der Waals surface area contributed by atoms with Gasteiger partial charge >= 0.3 is 11.6 Å². The summed E-state index contributed by atoms with van der Waals surface area (Å²) in [6.07, 6.45) is 1.46. The lowest BCUT2D eigenvalue weighted by Crippen LogP contribution is -2.08. The van der Waals surface area contributed by atoms with Gasteiger partial charge in [0.25, 0.3) is 0 Å². The van der Waals surface area contributed by atoms with Crippen LogP contribution in [0.2, 0.25) is 0 Å². The summed E-state index contributed by atoms with van der Waals surface area (Å²) in [5.41, 5.74) is 1.60. The van der Waals surface area contributed by atoms with E-state index in [2.05, 4.69) is 4.98 Å². The molecule has 0 radical (unpaired) electrons. The van der Waals surface area contributed by atoms with E-state index in [1.54, 1.807) is 30.3 Å². The van der Waals surface area contributed by atoms with Crippen LogP contribution in [0, 0.1) is 6.92 Å². The number of ether oxygens (including phenoxy) is 2. The molecule has 0 saturated carbocycles. The maximum absolute atomic E-state index is 12.1.